The van der Waals surface area contributed by atoms with E-state index in [4.69, 9.17) is 14.6 Å². The second-order valence-corrected chi connectivity index (χ2v) is 5.02. The normalized spacial score (nSPS) is 9.64. The molecule has 2 aromatic heterocycles. The van der Waals surface area contributed by atoms with E-state index in [2.05, 4.69) is 29.9 Å². The topological polar surface area (TPSA) is 143 Å². The van der Waals surface area contributed by atoms with Gasteiger partial charge in [0.05, 0.1) is 35.0 Å². The lowest BCUT2D eigenvalue weighted by Gasteiger charge is -2.05. The van der Waals surface area contributed by atoms with Crippen molar-refractivity contribution in [3.63, 3.8) is 0 Å². The summed E-state index contributed by atoms with van der Waals surface area (Å²) < 4.78 is 18.8. The summed E-state index contributed by atoms with van der Waals surface area (Å²) in [5.41, 5.74) is 1.47. The van der Waals surface area contributed by atoms with Gasteiger partial charge in [0, 0.05) is 11.1 Å². The number of aromatic nitrogens is 4. The fourth-order valence-corrected chi connectivity index (χ4v) is 1.96. The molecule has 1 N–H and O–H groups in total. The SMILES string of the molecule is CCc1cc(C(=O)OC)nnc1OC.COC(=O)c1cc(CO)c(OC)nn1. The summed E-state index contributed by atoms with van der Waals surface area (Å²) in [4.78, 5) is 22.1. The average molecular weight is 394 g/mol. The zero-order chi connectivity index (χ0) is 21.1. The maximum atomic E-state index is 11.1. The summed E-state index contributed by atoms with van der Waals surface area (Å²) in [5.74, 6) is -0.454. The zero-order valence-corrected chi connectivity index (χ0v) is 16.3. The first-order chi connectivity index (χ1) is 13.4. The third-order valence-electron chi connectivity index (χ3n) is 3.40. The van der Waals surface area contributed by atoms with E-state index < -0.39 is 11.9 Å². The quantitative estimate of drug-likeness (QED) is 0.688. The molecule has 11 nitrogen and oxygen atoms in total. The number of ether oxygens (including phenoxy) is 4. The molecule has 0 saturated carbocycles. The predicted octanol–water partition coefficient (Wildman–Crippen LogP) is 0.598. The molecule has 0 radical (unpaired) electrons. The summed E-state index contributed by atoms with van der Waals surface area (Å²) >= 11 is 0. The average Bonchev–Trinajstić information content (AvgIpc) is 2.77. The van der Waals surface area contributed by atoms with Gasteiger partial charge in [-0.2, -0.15) is 0 Å². The molecule has 0 amide bonds. The lowest BCUT2D eigenvalue weighted by Crippen LogP contribution is -2.08. The summed E-state index contributed by atoms with van der Waals surface area (Å²) in [6, 6.07) is 3.00. The fraction of sp³-hybridized carbons (Fsp3) is 0.412. The molecule has 0 aliphatic carbocycles. The third-order valence-corrected chi connectivity index (χ3v) is 3.40. The minimum absolute atomic E-state index is 0.0392. The second kappa shape index (κ2) is 11.4. The molecule has 0 aliphatic rings. The van der Waals surface area contributed by atoms with Crippen LogP contribution in [0.25, 0.3) is 0 Å². The van der Waals surface area contributed by atoms with Gasteiger partial charge in [-0.25, -0.2) is 9.59 Å². The number of aryl methyl sites for hydroxylation is 1. The summed E-state index contributed by atoms with van der Waals surface area (Å²) in [7, 11) is 5.47. The van der Waals surface area contributed by atoms with Gasteiger partial charge in [0.25, 0.3) is 0 Å². The van der Waals surface area contributed by atoms with Crippen molar-refractivity contribution in [1.82, 2.24) is 20.4 Å². The van der Waals surface area contributed by atoms with E-state index in [0.29, 0.717) is 11.4 Å². The van der Waals surface area contributed by atoms with Crippen molar-refractivity contribution in [1.29, 1.82) is 0 Å². The van der Waals surface area contributed by atoms with E-state index in [0.717, 1.165) is 12.0 Å². The van der Waals surface area contributed by atoms with E-state index in [1.165, 1.54) is 34.5 Å². The molecule has 0 aromatic carbocycles. The zero-order valence-electron chi connectivity index (χ0n) is 16.3. The first-order valence-corrected chi connectivity index (χ1v) is 8.04. The van der Waals surface area contributed by atoms with Gasteiger partial charge in [-0.3, -0.25) is 0 Å². The number of carbonyl (C=O) groups is 2. The highest BCUT2D eigenvalue weighted by Crippen LogP contribution is 2.15. The molecule has 0 unspecified atom stereocenters. The smallest absolute Gasteiger partial charge is 0.358 e. The van der Waals surface area contributed by atoms with Crippen LogP contribution in [0.2, 0.25) is 0 Å². The van der Waals surface area contributed by atoms with Crippen LogP contribution in [0.1, 0.15) is 39.0 Å². The van der Waals surface area contributed by atoms with Gasteiger partial charge in [0.15, 0.2) is 11.4 Å². The summed E-state index contributed by atoms with van der Waals surface area (Å²) in [6.07, 6.45) is 0.725. The summed E-state index contributed by atoms with van der Waals surface area (Å²) in [6.45, 7) is 1.67. The van der Waals surface area contributed by atoms with Crippen LogP contribution in [0.4, 0.5) is 0 Å². The molecular weight excluding hydrogens is 372 g/mol. The lowest BCUT2D eigenvalue weighted by molar-refractivity contribution is 0.0583. The van der Waals surface area contributed by atoms with Crippen LogP contribution >= 0.6 is 0 Å². The number of carbonyl (C=O) groups excluding carboxylic acids is 2. The molecule has 2 heterocycles. The van der Waals surface area contributed by atoms with Gasteiger partial charge in [-0.1, -0.05) is 6.92 Å². The summed E-state index contributed by atoms with van der Waals surface area (Å²) in [5, 5.41) is 23.5. The highest BCUT2D eigenvalue weighted by atomic mass is 16.5. The molecule has 0 fully saturated rings. The number of rotatable bonds is 6. The van der Waals surface area contributed by atoms with Crippen molar-refractivity contribution in [2.24, 2.45) is 0 Å². The molecule has 28 heavy (non-hydrogen) atoms. The van der Waals surface area contributed by atoms with Crippen molar-refractivity contribution in [3.05, 3.63) is 34.6 Å². The number of methoxy groups -OCH3 is 4. The Morgan fingerprint density at radius 1 is 0.821 bits per heavy atom. The fourth-order valence-electron chi connectivity index (χ4n) is 1.96. The van der Waals surface area contributed by atoms with E-state index in [-0.39, 0.29) is 23.9 Å². The molecule has 2 aromatic rings. The Kier molecular flexibility index (Phi) is 9.23. The highest BCUT2D eigenvalue weighted by molar-refractivity contribution is 5.87. The minimum Gasteiger partial charge on any atom is -0.480 e. The number of hydrogen-bond donors (Lipinski definition) is 1. The number of aliphatic hydroxyl groups is 1. The van der Waals surface area contributed by atoms with Gasteiger partial charge in [-0.15, -0.1) is 20.4 Å². The van der Waals surface area contributed by atoms with Crippen molar-refractivity contribution in [2.45, 2.75) is 20.0 Å². The Bertz CT molecular complexity index is 747. The van der Waals surface area contributed by atoms with Crippen LogP contribution in [0.15, 0.2) is 12.1 Å². The van der Waals surface area contributed by atoms with Gasteiger partial charge in [0.2, 0.25) is 11.8 Å². The molecule has 0 spiro atoms. The Hall–Kier alpha value is -3.34. The molecular formula is C17H22N4O7. The van der Waals surface area contributed by atoms with Crippen molar-refractivity contribution >= 4 is 11.9 Å². The monoisotopic (exact) mass is 394 g/mol. The van der Waals surface area contributed by atoms with Gasteiger partial charge in [-0.05, 0) is 18.6 Å². The first kappa shape index (κ1) is 22.7. The van der Waals surface area contributed by atoms with E-state index in [1.54, 1.807) is 6.07 Å². The first-order valence-electron chi connectivity index (χ1n) is 8.04. The van der Waals surface area contributed by atoms with Crippen LogP contribution in [-0.4, -0.2) is 65.9 Å². The number of nitrogens with zero attached hydrogens (tertiary/aromatic N) is 4. The number of hydrogen-bond acceptors (Lipinski definition) is 11. The van der Waals surface area contributed by atoms with E-state index in [1.807, 2.05) is 6.92 Å². The van der Waals surface area contributed by atoms with Gasteiger partial charge < -0.3 is 24.1 Å². The molecule has 0 saturated heterocycles. The minimum atomic E-state index is -0.602. The molecule has 0 atom stereocenters. The van der Waals surface area contributed by atoms with Crippen LogP contribution in [0, 0.1) is 0 Å². The van der Waals surface area contributed by atoms with E-state index >= 15 is 0 Å². The number of esters is 2. The third kappa shape index (κ3) is 5.84. The van der Waals surface area contributed by atoms with Crippen LogP contribution in [0.5, 0.6) is 11.8 Å². The Balaban J connectivity index is 0.000000280. The van der Waals surface area contributed by atoms with Gasteiger partial charge >= 0.3 is 11.9 Å². The Morgan fingerprint density at radius 3 is 1.61 bits per heavy atom. The molecule has 11 heteroatoms. The van der Waals surface area contributed by atoms with Crippen LogP contribution < -0.4 is 9.47 Å². The highest BCUT2D eigenvalue weighted by Gasteiger charge is 2.13. The largest absolute Gasteiger partial charge is 0.480 e. The maximum absolute atomic E-state index is 11.1. The molecule has 152 valence electrons. The predicted molar refractivity (Wildman–Crippen MR) is 95.1 cm³/mol. The van der Waals surface area contributed by atoms with Crippen molar-refractivity contribution in [2.75, 3.05) is 28.4 Å². The Morgan fingerprint density at radius 2 is 1.25 bits per heavy atom. The van der Waals surface area contributed by atoms with E-state index in [9.17, 15) is 9.59 Å². The standard InChI is InChI=1S/C9H12N2O3.C8H10N2O4/c1-4-6-5-7(9(12)14-3)10-11-8(6)13-2;1-13-7-5(4-11)3-6(9-10-7)8(12)14-2/h5H,4H2,1-3H3;3,11H,4H2,1-2H3. The Labute approximate surface area is 161 Å². The van der Waals surface area contributed by atoms with Crippen molar-refractivity contribution < 1.29 is 33.6 Å². The van der Waals surface area contributed by atoms with Crippen LogP contribution in [0.3, 0.4) is 0 Å². The molecule has 2 rings (SSSR count). The van der Waals surface area contributed by atoms with Crippen molar-refractivity contribution in [3.8, 4) is 11.8 Å². The van der Waals surface area contributed by atoms with Gasteiger partial charge in [0.1, 0.15) is 0 Å². The van der Waals surface area contributed by atoms with Crippen LogP contribution in [-0.2, 0) is 22.5 Å². The second-order valence-electron chi connectivity index (χ2n) is 5.02. The molecule has 0 aliphatic heterocycles. The number of aliphatic hydroxyl groups excluding tert-OH is 1. The molecule has 0 bridgehead atoms. The maximum Gasteiger partial charge on any atom is 0.358 e. The lowest BCUT2D eigenvalue weighted by atomic mass is 10.2.